The molecule has 2 aromatic rings. The molecule has 0 atom stereocenters. The number of hydrogen-bond acceptors (Lipinski definition) is 4. The van der Waals surface area contributed by atoms with E-state index in [9.17, 15) is 0 Å². The van der Waals surface area contributed by atoms with Crippen LogP contribution in [0.25, 0.3) is 0 Å². The van der Waals surface area contributed by atoms with E-state index in [2.05, 4.69) is 44.0 Å². The molecule has 0 unspecified atom stereocenters. The highest BCUT2D eigenvalue weighted by atomic mass is 79.9. The summed E-state index contributed by atoms with van der Waals surface area (Å²) in [6.07, 6.45) is 0. The summed E-state index contributed by atoms with van der Waals surface area (Å²) in [5.41, 5.74) is 10.7. The van der Waals surface area contributed by atoms with E-state index < -0.39 is 0 Å². The van der Waals surface area contributed by atoms with Crippen LogP contribution in [0.1, 0.15) is 0 Å². The summed E-state index contributed by atoms with van der Waals surface area (Å²) in [5, 5.41) is 0. The van der Waals surface area contributed by atoms with Crippen LogP contribution >= 0.6 is 43.6 Å². The molecule has 0 saturated heterocycles. The average molecular weight is 448 g/mol. The number of ether oxygens (including phenoxy) is 1. The third-order valence-electron chi connectivity index (χ3n) is 2.38. The van der Waals surface area contributed by atoms with Gasteiger partial charge in [0.2, 0.25) is 0 Å². The molecule has 0 aliphatic rings. The highest BCUT2D eigenvalue weighted by molar-refractivity contribution is 9.10. The van der Waals surface area contributed by atoms with Gasteiger partial charge >= 0.3 is 0 Å². The van der Waals surface area contributed by atoms with Crippen LogP contribution < -0.4 is 16.2 Å². The fourth-order valence-electron chi connectivity index (χ4n) is 1.44. The minimum Gasteiger partial charge on any atom is -0.492 e. The summed E-state index contributed by atoms with van der Waals surface area (Å²) < 4.78 is 7.44. The van der Waals surface area contributed by atoms with Gasteiger partial charge in [-0.05, 0) is 42.5 Å². The molecule has 0 spiro atoms. The number of thioether (sulfide) groups is 1. The standard InChI is InChI=1S/C8H10BrNO.C8H10BrNS/c9-7-1-3-8(4-2-7)11-6-5-10;9-7-2-1-3-8(6-7)11-5-4-10/h1-4H,5-6,10H2;1-3,6H,4-5,10H2. The van der Waals surface area contributed by atoms with Crippen molar-refractivity contribution in [2.24, 2.45) is 11.5 Å². The summed E-state index contributed by atoms with van der Waals surface area (Å²) >= 11 is 8.52. The van der Waals surface area contributed by atoms with Crippen LogP contribution in [0, 0.1) is 0 Å². The second-order valence-corrected chi connectivity index (χ2v) is 7.19. The van der Waals surface area contributed by atoms with Gasteiger partial charge in [0.15, 0.2) is 0 Å². The van der Waals surface area contributed by atoms with Crippen LogP contribution in [-0.2, 0) is 0 Å². The average Bonchev–Trinajstić information content (AvgIpc) is 2.53. The molecule has 2 aromatic carbocycles. The Hall–Kier alpha value is -0.530. The molecule has 0 aliphatic carbocycles. The van der Waals surface area contributed by atoms with E-state index in [4.69, 9.17) is 16.2 Å². The van der Waals surface area contributed by atoms with E-state index in [0.717, 1.165) is 27.0 Å². The van der Waals surface area contributed by atoms with Crippen LogP contribution in [0.15, 0.2) is 62.4 Å². The molecular weight excluding hydrogens is 428 g/mol. The first kappa shape index (κ1) is 19.5. The second kappa shape index (κ2) is 12.0. The van der Waals surface area contributed by atoms with E-state index >= 15 is 0 Å². The normalized spacial score (nSPS) is 9.82. The monoisotopic (exact) mass is 446 g/mol. The quantitative estimate of drug-likeness (QED) is 0.648. The van der Waals surface area contributed by atoms with E-state index in [1.807, 2.05) is 36.4 Å². The van der Waals surface area contributed by atoms with Gasteiger partial charge in [0, 0.05) is 32.7 Å². The molecule has 6 heteroatoms. The highest BCUT2D eigenvalue weighted by Crippen LogP contribution is 2.21. The number of halogens is 2. The number of hydrogen-bond donors (Lipinski definition) is 2. The number of nitrogens with two attached hydrogens (primary N) is 2. The maximum absolute atomic E-state index is 5.38. The second-order valence-electron chi connectivity index (χ2n) is 4.19. The summed E-state index contributed by atoms with van der Waals surface area (Å²) in [7, 11) is 0. The minimum atomic E-state index is 0.552. The lowest BCUT2D eigenvalue weighted by Crippen LogP contribution is -2.10. The highest BCUT2D eigenvalue weighted by Gasteiger charge is 1.92. The third-order valence-corrected chi connectivity index (χ3v) is 4.43. The Bertz CT molecular complexity index is 538. The van der Waals surface area contributed by atoms with Crippen LogP contribution in [0.4, 0.5) is 0 Å². The van der Waals surface area contributed by atoms with Crippen LogP contribution in [0.2, 0.25) is 0 Å². The van der Waals surface area contributed by atoms with Gasteiger partial charge in [-0.25, -0.2) is 0 Å². The fraction of sp³-hybridized carbons (Fsp3) is 0.250. The zero-order valence-corrected chi connectivity index (χ0v) is 16.2. The third kappa shape index (κ3) is 8.80. The zero-order valence-electron chi connectivity index (χ0n) is 12.2. The maximum atomic E-state index is 5.38. The van der Waals surface area contributed by atoms with Crippen LogP contribution in [0.5, 0.6) is 5.75 Å². The van der Waals surface area contributed by atoms with Gasteiger partial charge in [0.1, 0.15) is 12.4 Å². The smallest absolute Gasteiger partial charge is 0.119 e. The zero-order chi connectivity index (χ0) is 16.2. The Kier molecular flexibility index (Phi) is 10.6. The van der Waals surface area contributed by atoms with Gasteiger partial charge in [0.25, 0.3) is 0 Å². The molecule has 3 nitrogen and oxygen atoms in total. The molecule has 0 heterocycles. The van der Waals surface area contributed by atoms with Crippen molar-refractivity contribution < 1.29 is 4.74 Å². The van der Waals surface area contributed by atoms with Crippen molar-refractivity contribution in [3.8, 4) is 5.75 Å². The Labute approximate surface area is 153 Å². The van der Waals surface area contributed by atoms with Crippen molar-refractivity contribution in [3.05, 3.63) is 57.5 Å². The molecule has 0 radical (unpaired) electrons. The Morgan fingerprint density at radius 2 is 1.64 bits per heavy atom. The lowest BCUT2D eigenvalue weighted by molar-refractivity contribution is 0.328. The Balaban J connectivity index is 0.000000220. The van der Waals surface area contributed by atoms with E-state index in [1.54, 1.807) is 11.8 Å². The van der Waals surface area contributed by atoms with Gasteiger partial charge < -0.3 is 16.2 Å². The van der Waals surface area contributed by atoms with Gasteiger partial charge in [-0.3, -0.25) is 0 Å². The van der Waals surface area contributed by atoms with Gasteiger partial charge in [0.05, 0.1) is 0 Å². The topological polar surface area (TPSA) is 61.3 Å². The number of rotatable bonds is 6. The number of benzene rings is 2. The maximum Gasteiger partial charge on any atom is 0.119 e. The first-order valence-electron chi connectivity index (χ1n) is 6.82. The van der Waals surface area contributed by atoms with Gasteiger partial charge in [-0.1, -0.05) is 37.9 Å². The van der Waals surface area contributed by atoms with Crippen molar-refractivity contribution in [2.45, 2.75) is 4.90 Å². The van der Waals surface area contributed by atoms with Crippen molar-refractivity contribution in [2.75, 3.05) is 25.4 Å². The summed E-state index contributed by atoms with van der Waals surface area (Å²) in [6.45, 7) is 1.86. The molecular formula is C16H20Br2N2OS. The molecule has 2 rings (SSSR count). The summed E-state index contributed by atoms with van der Waals surface area (Å²) in [5.74, 6) is 1.84. The van der Waals surface area contributed by atoms with Crippen LogP contribution in [0.3, 0.4) is 0 Å². The molecule has 4 N–H and O–H groups in total. The molecule has 0 aromatic heterocycles. The first-order chi connectivity index (χ1) is 10.7. The largest absolute Gasteiger partial charge is 0.492 e. The van der Waals surface area contributed by atoms with Crippen molar-refractivity contribution in [1.82, 2.24) is 0 Å². The van der Waals surface area contributed by atoms with Crippen molar-refractivity contribution in [1.29, 1.82) is 0 Å². The lowest BCUT2D eigenvalue weighted by Gasteiger charge is -2.02. The molecule has 0 fully saturated rings. The van der Waals surface area contributed by atoms with E-state index in [1.165, 1.54) is 4.90 Å². The molecule has 0 bridgehead atoms. The van der Waals surface area contributed by atoms with Crippen molar-refractivity contribution >= 4 is 43.6 Å². The predicted molar refractivity (Wildman–Crippen MR) is 103 cm³/mol. The molecule has 0 amide bonds. The fourth-order valence-corrected chi connectivity index (χ4v) is 2.99. The first-order valence-corrected chi connectivity index (χ1v) is 9.39. The Morgan fingerprint density at radius 3 is 2.23 bits per heavy atom. The van der Waals surface area contributed by atoms with Gasteiger partial charge in [-0.15, -0.1) is 11.8 Å². The molecule has 120 valence electrons. The lowest BCUT2D eigenvalue weighted by atomic mass is 10.3. The molecule has 0 aliphatic heterocycles. The predicted octanol–water partition coefficient (Wildman–Crippen LogP) is 4.29. The Morgan fingerprint density at radius 1 is 0.909 bits per heavy atom. The SMILES string of the molecule is NCCOc1ccc(Br)cc1.NCCSc1cccc(Br)c1. The molecule has 0 saturated carbocycles. The summed E-state index contributed by atoms with van der Waals surface area (Å²) in [4.78, 5) is 1.27. The molecule has 22 heavy (non-hydrogen) atoms. The van der Waals surface area contributed by atoms with Crippen molar-refractivity contribution in [3.63, 3.8) is 0 Å². The van der Waals surface area contributed by atoms with E-state index in [-0.39, 0.29) is 0 Å². The van der Waals surface area contributed by atoms with Gasteiger partial charge in [-0.2, -0.15) is 0 Å². The summed E-state index contributed by atoms with van der Waals surface area (Å²) in [6, 6.07) is 15.9. The van der Waals surface area contributed by atoms with E-state index in [0.29, 0.717) is 13.2 Å². The van der Waals surface area contributed by atoms with Crippen LogP contribution in [-0.4, -0.2) is 25.4 Å². The minimum absolute atomic E-state index is 0.552.